The van der Waals surface area contributed by atoms with Gasteiger partial charge in [-0.05, 0) is 19.4 Å². The van der Waals surface area contributed by atoms with Gasteiger partial charge >= 0.3 is 0 Å². The fourth-order valence-corrected chi connectivity index (χ4v) is 1.65. The van der Waals surface area contributed by atoms with Crippen LogP contribution in [-0.4, -0.2) is 9.97 Å². The molecule has 4 nitrogen and oxygen atoms in total. The minimum Gasteiger partial charge on any atom is -0.469 e. The summed E-state index contributed by atoms with van der Waals surface area (Å²) >= 11 is 0. The highest BCUT2D eigenvalue weighted by Crippen LogP contribution is 2.19. The summed E-state index contributed by atoms with van der Waals surface area (Å²) in [6.45, 7) is 3.91. The van der Waals surface area contributed by atoms with Crippen LogP contribution >= 0.6 is 0 Å². The summed E-state index contributed by atoms with van der Waals surface area (Å²) in [6.07, 6.45) is 3.38. The number of hydrogen-bond donors (Lipinski definition) is 1. The number of hydrogen-bond acceptors (Lipinski definition) is 3. The molecule has 0 aliphatic carbocycles. The molecule has 2 aromatic heterocycles. The first-order chi connectivity index (χ1) is 7.70. The van der Waals surface area contributed by atoms with Gasteiger partial charge in [-0.15, -0.1) is 0 Å². The minimum absolute atomic E-state index is 0.117. The molecule has 2 rings (SSSR count). The monoisotopic (exact) mass is 218 g/mol. The van der Waals surface area contributed by atoms with E-state index in [1.807, 2.05) is 13.0 Å². The van der Waals surface area contributed by atoms with Gasteiger partial charge in [-0.2, -0.15) is 0 Å². The molecule has 4 heteroatoms. The van der Waals surface area contributed by atoms with Crippen molar-refractivity contribution in [3.8, 4) is 11.4 Å². The summed E-state index contributed by atoms with van der Waals surface area (Å²) in [5, 5.41) is 0. The lowest BCUT2D eigenvalue weighted by Gasteiger charge is -2.02. The molecule has 0 fully saturated rings. The lowest BCUT2D eigenvalue weighted by Crippen LogP contribution is -2.10. The maximum Gasteiger partial charge on any atom is 0.251 e. The Morgan fingerprint density at radius 2 is 2.31 bits per heavy atom. The maximum atomic E-state index is 11.5. The van der Waals surface area contributed by atoms with E-state index in [2.05, 4.69) is 16.9 Å². The van der Waals surface area contributed by atoms with Crippen molar-refractivity contribution in [2.75, 3.05) is 0 Å². The summed E-state index contributed by atoms with van der Waals surface area (Å²) < 4.78 is 5.20. The molecule has 0 amide bonds. The predicted molar refractivity (Wildman–Crippen MR) is 61.3 cm³/mol. The predicted octanol–water partition coefficient (Wildman–Crippen LogP) is 2.29. The van der Waals surface area contributed by atoms with Crippen molar-refractivity contribution in [3.05, 3.63) is 40.2 Å². The van der Waals surface area contributed by atoms with E-state index in [1.54, 1.807) is 12.3 Å². The average Bonchev–Trinajstić information content (AvgIpc) is 2.64. The van der Waals surface area contributed by atoms with Gasteiger partial charge in [0.2, 0.25) is 0 Å². The van der Waals surface area contributed by atoms with E-state index in [4.69, 9.17) is 4.42 Å². The molecule has 0 unspecified atom stereocenters. The second-order valence-electron chi connectivity index (χ2n) is 3.73. The van der Waals surface area contributed by atoms with E-state index >= 15 is 0 Å². The Bertz CT molecular complexity index is 540. The van der Waals surface area contributed by atoms with Crippen molar-refractivity contribution in [2.24, 2.45) is 0 Å². The lowest BCUT2D eigenvalue weighted by atomic mass is 10.2. The Labute approximate surface area is 93.3 Å². The fraction of sp³-hybridized carbons (Fsp3) is 0.333. The Balaban J connectivity index is 2.49. The third kappa shape index (κ3) is 2.05. The summed E-state index contributed by atoms with van der Waals surface area (Å²) in [6, 6.07) is 3.35. The number of nitrogens with one attached hydrogen (secondary N) is 1. The average molecular weight is 218 g/mol. The molecular weight excluding hydrogens is 204 g/mol. The molecule has 0 atom stereocenters. The minimum atomic E-state index is -0.117. The van der Waals surface area contributed by atoms with Crippen LogP contribution in [-0.2, 0) is 6.42 Å². The molecule has 84 valence electrons. The van der Waals surface area contributed by atoms with E-state index in [0.717, 1.165) is 29.9 Å². The number of aromatic nitrogens is 2. The SMILES string of the molecule is CCCc1cc(=O)[nH]c(-c2ccoc2C)n1. The molecule has 0 bridgehead atoms. The summed E-state index contributed by atoms with van der Waals surface area (Å²) in [5.41, 5.74) is 1.55. The van der Waals surface area contributed by atoms with Crippen LogP contribution in [0.3, 0.4) is 0 Å². The molecular formula is C12H14N2O2. The number of rotatable bonds is 3. The van der Waals surface area contributed by atoms with Crippen LogP contribution in [0.15, 0.2) is 27.6 Å². The first-order valence-electron chi connectivity index (χ1n) is 5.35. The molecule has 0 radical (unpaired) electrons. The van der Waals surface area contributed by atoms with E-state index in [1.165, 1.54) is 0 Å². The highest BCUT2D eigenvalue weighted by molar-refractivity contribution is 5.56. The first kappa shape index (κ1) is 10.7. The van der Waals surface area contributed by atoms with Crippen LogP contribution in [0.25, 0.3) is 11.4 Å². The summed E-state index contributed by atoms with van der Waals surface area (Å²) in [7, 11) is 0. The van der Waals surface area contributed by atoms with Crippen LogP contribution in [0.2, 0.25) is 0 Å². The van der Waals surface area contributed by atoms with Gasteiger partial charge in [0, 0.05) is 11.8 Å². The van der Waals surface area contributed by atoms with Crippen molar-refractivity contribution in [1.29, 1.82) is 0 Å². The van der Waals surface area contributed by atoms with Gasteiger partial charge in [0.05, 0.1) is 11.8 Å². The molecule has 0 saturated heterocycles. The van der Waals surface area contributed by atoms with Crippen LogP contribution in [0.4, 0.5) is 0 Å². The van der Waals surface area contributed by atoms with E-state index in [0.29, 0.717) is 5.82 Å². The van der Waals surface area contributed by atoms with Gasteiger partial charge < -0.3 is 9.40 Å². The van der Waals surface area contributed by atoms with Gasteiger partial charge in [0.15, 0.2) is 0 Å². The third-order valence-corrected chi connectivity index (χ3v) is 2.41. The highest BCUT2D eigenvalue weighted by Gasteiger charge is 2.08. The zero-order chi connectivity index (χ0) is 11.5. The van der Waals surface area contributed by atoms with Gasteiger partial charge in [-0.25, -0.2) is 4.98 Å². The largest absolute Gasteiger partial charge is 0.469 e. The van der Waals surface area contributed by atoms with Crippen LogP contribution in [0.5, 0.6) is 0 Å². The highest BCUT2D eigenvalue weighted by atomic mass is 16.3. The Morgan fingerprint density at radius 1 is 1.50 bits per heavy atom. The molecule has 2 aromatic rings. The number of H-pyrrole nitrogens is 1. The van der Waals surface area contributed by atoms with Crippen LogP contribution < -0.4 is 5.56 Å². The Hall–Kier alpha value is -1.84. The zero-order valence-corrected chi connectivity index (χ0v) is 9.41. The lowest BCUT2D eigenvalue weighted by molar-refractivity contribution is 0.535. The molecule has 0 spiro atoms. The first-order valence-corrected chi connectivity index (χ1v) is 5.35. The van der Waals surface area contributed by atoms with Gasteiger partial charge in [-0.3, -0.25) is 4.79 Å². The zero-order valence-electron chi connectivity index (χ0n) is 9.41. The van der Waals surface area contributed by atoms with Crippen molar-refractivity contribution < 1.29 is 4.42 Å². The molecule has 0 aliphatic rings. The van der Waals surface area contributed by atoms with E-state index < -0.39 is 0 Å². The summed E-state index contributed by atoms with van der Waals surface area (Å²) in [5.74, 6) is 1.35. The van der Waals surface area contributed by atoms with E-state index in [9.17, 15) is 4.79 Å². The van der Waals surface area contributed by atoms with Crippen LogP contribution in [0, 0.1) is 6.92 Å². The number of aryl methyl sites for hydroxylation is 2. The topological polar surface area (TPSA) is 58.9 Å². The van der Waals surface area contributed by atoms with Crippen molar-refractivity contribution in [2.45, 2.75) is 26.7 Å². The molecule has 0 aliphatic heterocycles. The second-order valence-corrected chi connectivity index (χ2v) is 3.73. The summed E-state index contributed by atoms with van der Waals surface area (Å²) in [4.78, 5) is 18.6. The van der Waals surface area contributed by atoms with Crippen molar-refractivity contribution >= 4 is 0 Å². The smallest absolute Gasteiger partial charge is 0.251 e. The van der Waals surface area contributed by atoms with Crippen molar-refractivity contribution in [1.82, 2.24) is 9.97 Å². The quantitative estimate of drug-likeness (QED) is 0.859. The number of nitrogens with zero attached hydrogens (tertiary/aromatic N) is 1. The third-order valence-electron chi connectivity index (χ3n) is 2.41. The second kappa shape index (κ2) is 4.35. The maximum absolute atomic E-state index is 11.5. The molecule has 16 heavy (non-hydrogen) atoms. The van der Waals surface area contributed by atoms with Gasteiger partial charge in [0.25, 0.3) is 5.56 Å². The number of furan rings is 1. The van der Waals surface area contributed by atoms with Crippen molar-refractivity contribution in [3.63, 3.8) is 0 Å². The number of aromatic amines is 1. The standard InChI is InChI=1S/C12H14N2O2/c1-3-4-9-7-11(15)14-12(13-9)10-5-6-16-8(10)2/h5-7H,3-4H2,1-2H3,(H,13,14,15). The molecule has 1 N–H and O–H groups in total. The van der Waals surface area contributed by atoms with Gasteiger partial charge in [0.1, 0.15) is 11.6 Å². The van der Waals surface area contributed by atoms with Gasteiger partial charge in [-0.1, -0.05) is 13.3 Å². The normalized spacial score (nSPS) is 10.6. The Morgan fingerprint density at radius 3 is 2.94 bits per heavy atom. The molecule has 2 heterocycles. The Kier molecular flexibility index (Phi) is 2.90. The van der Waals surface area contributed by atoms with Crippen LogP contribution in [0.1, 0.15) is 24.8 Å². The van der Waals surface area contributed by atoms with E-state index in [-0.39, 0.29) is 5.56 Å². The fourth-order valence-electron chi connectivity index (χ4n) is 1.65. The molecule has 0 aromatic carbocycles. The molecule has 0 saturated carbocycles.